The van der Waals surface area contributed by atoms with Crippen molar-refractivity contribution in [3.05, 3.63) is 47.2 Å². The van der Waals surface area contributed by atoms with Crippen LogP contribution in [0.25, 0.3) is 0 Å². The third-order valence-corrected chi connectivity index (χ3v) is 10.5. The summed E-state index contributed by atoms with van der Waals surface area (Å²) in [6, 6.07) is 9.14. The van der Waals surface area contributed by atoms with Gasteiger partial charge in [-0.1, -0.05) is 30.3 Å². The van der Waals surface area contributed by atoms with Gasteiger partial charge in [0.1, 0.15) is 0 Å². The molecule has 2 heterocycles. The molecule has 4 N–H and O–H groups in total. The van der Waals surface area contributed by atoms with Crippen LogP contribution in [0, 0.1) is 0 Å². The van der Waals surface area contributed by atoms with E-state index in [9.17, 15) is 14.7 Å². The summed E-state index contributed by atoms with van der Waals surface area (Å²) < 4.78 is -0.310. The van der Waals surface area contributed by atoms with Gasteiger partial charge in [-0.25, -0.2) is 14.8 Å². The summed E-state index contributed by atoms with van der Waals surface area (Å²) in [7, 11) is -1.08. The van der Waals surface area contributed by atoms with Crippen molar-refractivity contribution < 1.29 is 14.7 Å². The number of fused-ring (bicyclic) bond motifs is 1. The van der Waals surface area contributed by atoms with Crippen molar-refractivity contribution >= 4 is 27.8 Å². The molecule has 2 aliphatic rings. The molecule has 1 saturated carbocycles. The summed E-state index contributed by atoms with van der Waals surface area (Å²) in [5, 5.41) is 23.4. The predicted octanol–water partition coefficient (Wildman–Crippen LogP) is 3.33. The Balaban J connectivity index is 1.48. The Hall–Kier alpha value is -2.52. The maximum atomic E-state index is 13.3. The molecule has 9 heteroatoms. The van der Waals surface area contributed by atoms with E-state index in [1.54, 1.807) is 4.90 Å². The maximum Gasteiger partial charge on any atom is 0.318 e. The van der Waals surface area contributed by atoms with E-state index in [4.69, 9.17) is 0 Å². The second-order valence-corrected chi connectivity index (χ2v) is 15.2. The zero-order valence-corrected chi connectivity index (χ0v) is 21.6. The summed E-state index contributed by atoms with van der Waals surface area (Å²) in [5.74, 6) is 0.556. The Morgan fingerprint density at radius 3 is 2.44 bits per heavy atom. The molecule has 0 unspecified atom stereocenters. The molecule has 186 valence electrons. The van der Waals surface area contributed by atoms with Crippen LogP contribution >= 0.6 is 10.0 Å². The number of hydrogen-bond donors (Lipinski definition) is 4. The van der Waals surface area contributed by atoms with Gasteiger partial charge in [-0.05, 0) is 63.9 Å². The number of amides is 3. The summed E-state index contributed by atoms with van der Waals surface area (Å²) in [5.41, 5.74) is 2.08. The van der Waals surface area contributed by atoms with E-state index in [0.717, 1.165) is 36.1 Å². The normalized spacial score (nSPS) is 19.6. The van der Waals surface area contributed by atoms with Gasteiger partial charge in [0.05, 0.1) is 35.2 Å². The summed E-state index contributed by atoms with van der Waals surface area (Å²) >= 11 is 0. The number of aliphatic hydroxyl groups excluding tert-OH is 1. The molecule has 0 spiro atoms. The Bertz CT molecular complexity index is 1060. The highest BCUT2D eigenvalue weighted by molar-refractivity contribution is 8.33. The SMILES string of the molecule is CC1(C)c2[nH]nc(NC(=O)C3(S(C)(C)C)CCC3)c2CN1C(=O)N[C@H](CO)Cc1ccccc1. The van der Waals surface area contributed by atoms with E-state index < -0.39 is 21.6 Å². The number of aromatic amines is 1. The molecule has 0 radical (unpaired) electrons. The fourth-order valence-corrected chi connectivity index (χ4v) is 7.21. The van der Waals surface area contributed by atoms with Crippen LogP contribution in [-0.2, 0) is 23.3 Å². The molecule has 3 amide bonds. The molecule has 1 aromatic carbocycles. The first-order chi connectivity index (χ1) is 16.0. The number of anilines is 1. The summed E-state index contributed by atoms with van der Waals surface area (Å²) in [4.78, 5) is 28.3. The molecule has 1 atom stereocenters. The Kier molecular flexibility index (Phi) is 6.46. The van der Waals surface area contributed by atoms with Crippen LogP contribution in [0.3, 0.4) is 0 Å². The number of aromatic nitrogens is 2. The minimum Gasteiger partial charge on any atom is -0.394 e. The largest absolute Gasteiger partial charge is 0.394 e. The quantitative estimate of drug-likeness (QED) is 0.480. The second kappa shape index (κ2) is 8.92. The monoisotopic (exact) mass is 487 g/mol. The van der Waals surface area contributed by atoms with Crippen molar-refractivity contribution in [1.29, 1.82) is 0 Å². The van der Waals surface area contributed by atoms with Gasteiger partial charge in [0.2, 0.25) is 5.91 Å². The number of nitrogens with zero attached hydrogens (tertiary/aromatic N) is 2. The lowest BCUT2D eigenvalue weighted by atomic mass is 9.83. The highest BCUT2D eigenvalue weighted by atomic mass is 32.3. The van der Waals surface area contributed by atoms with E-state index in [1.807, 2.05) is 44.2 Å². The van der Waals surface area contributed by atoms with E-state index in [0.29, 0.717) is 18.8 Å². The summed E-state index contributed by atoms with van der Waals surface area (Å²) in [6.45, 7) is 4.10. The van der Waals surface area contributed by atoms with Crippen LogP contribution < -0.4 is 10.6 Å². The number of H-pyrrole nitrogens is 1. The van der Waals surface area contributed by atoms with Crippen LogP contribution in [-0.4, -0.2) is 68.3 Å². The first kappa shape index (κ1) is 24.6. The highest BCUT2D eigenvalue weighted by Gasteiger charge is 2.51. The molecule has 0 bridgehead atoms. The maximum absolute atomic E-state index is 13.3. The average molecular weight is 488 g/mol. The van der Waals surface area contributed by atoms with Gasteiger partial charge >= 0.3 is 6.03 Å². The molecule has 1 aliphatic carbocycles. The summed E-state index contributed by atoms with van der Waals surface area (Å²) in [6.07, 6.45) is 10.0. The standard InChI is InChI=1S/C25H37N5O3S/c1-24(2)20-19(21(29-28-20)27-22(32)25(12-9-13-25)34(3,4)5)15-30(24)23(33)26-18(16-31)14-17-10-7-6-8-11-17/h6-8,10-11,18,31H,9,12-16H2,1-5H3,(H,26,33)(H2,27,28,29,32)/t18-/m0/s1. The minimum atomic E-state index is -1.08. The minimum absolute atomic E-state index is 0.0412. The zero-order valence-electron chi connectivity index (χ0n) is 20.8. The topological polar surface area (TPSA) is 110 Å². The number of urea groups is 1. The van der Waals surface area contributed by atoms with E-state index in [2.05, 4.69) is 39.6 Å². The van der Waals surface area contributed by atoms with Gasteiger partial charge in [0.15, 0.2) is 5.82 Å². The highest BCUT2D eigenvalue weighted by Crippen LogP contribution is 2.60. The Morgan fingerprint density at radius 1 is 1.21 bits per heavy atom. The van der Waals surface area contributed by atoms with Gasteiger partial charge in [-0.3, -0.25) is 9.89 Å². The van der Waals surface area contributed by atoms with Crippen molar-refractivity contribution in [2.45, 2.75) is 62.4 Å². The van der Waals surface area contributed by atoms with Gasteiger partial charge in [0.25, 0.3) is 0 Å². The molecule has 4 rings (SSSR count). The zero-order chi connectivity index (χ0) is 24.7. The average Bonchev–Trinajstić information content (AvgIpc) is 3.24. The first-order valence-corrected chi connectivity index (χ1v) is 14.7. The number of nitrogens with one attached hydrogen (secondary N) is 3. The first-order valence-electron chi connectivity index (χ1n) is 11.8. The van der Waals surface area contributed by atoms with Crippen LogP contribution in [0.2, 0.25) is 0 Å². The van der Waals surface area contributed by atoms with Gasteiger partial charge in [0, 0.05) is 5.56 Å². The number of carbonyl (C=O) groups excluding carboxylic acids is 2. The number of rotatable bonds is 7. The van der Waals surface area contributed by atoms with Crippen molar-refractivity contribution in [3.8, 4) is 0 Å². The number of carbonyl (C=O) groups is 2. The third-order valence-electron chi connectivity index (χ3n) is 7.57. The van der Waals surface area contributed by atoms with Crippen molar-refractivity contribution in [2.24, 2.45) is 0 Å². The van der Waals surface area contributed by atoms with Gasteiger partial charge < -0.3 is 20.6 Å². The number of benzene rings is 1. The van der Waals surface area contributed by atoms with E-state index >= 15 is 0 Å². The second-order valence-electron chi connectivity index (χ2n) is 10.7. The van der Waals surface area contributed by atoms with Crippen LogP contribution in [0.1, 0.15) is 49.9 Å². The van der Waals surface area contributed by atoms with Gasteiger partial charge in [-0.2, -0.15) is 5.10 Å². The van der Waals surface area contributed by atoms with Crippen LogP contribution in [0.15, 0.2) is 30.3 Å². The Morgan fingerprint density at radius 2 is 1.88 bits per heavy atom. The molecule has 2 aromatic rings. The lowest BCUT2D eigenvalue weighted by molar-refractivity contribution is -0.120. The molecule has 1 aromatic heterocycles. The fourth-order valence-electron chi connectivity index (χ4n) is 5.09. The molecule has 1 aliphatic heterocycles. The molecular weight excluding hydrogens is 450 g/mol. The van der Waals surface area contributed by atoms with E-state index in [1.165, 1.54) is 0 Å². The van der Waals surface area contributed by atoms with Crippen molar-refractivity contribution in [3.63, 3.8) is 0 Å². The van der Waals surface area contributed by atoms with E-state index in [-0.39, 0.29) is 23.3 Å². The fraction of sp³-hybridized carbons (Fsp3) is 0.560. The predicted molar refractivity (Wildman–Crippen MR) is 137 cm³/mol. The van der Waals surface area contributed by atoms with Crippen molar-refractivity contribution in [1.82, 2.24) is 20.4 Å². The lowest BCUT2D eigenvalue weighted by Gasteiger charge is -2.53. The third kappa shape index (κ3) is 4.20. The van der Waals surface area contributed by atoms with Gasteiger partial charge in [-0.15, -0.1) is 0 Å². The molecule has 34 heavy (non-hydrogen) atoms. The van der Waals surface area contributed by atoms with Crippen molar-refractivity contribution in [2.75, 3.05) is 30.7 Å². The smallest absolute Gasteiger partial charge is 0.318 e. The molecular formula is C25H37N5O3S. The molecule has 1 fully saturated rings. The molecule has 0 saturated heterocycles. The lowest BCUT2D eigenvalue weighted by Crippen LogP contribution is -2.51. The number of hydrogen-bond acceptors (Lipinski definition) is 4. The Labute approximate surface area is 203 Å². The molecule has 8 nitrogen and oxygen atoms in total. The number of aliphatic hydroxyl groups is 1. The van der Waals surface area contributed by atoms with Crippen LogP contribution in [0.4, 0.5) is 10.6 Å². The van der Waals surface area contributed by atoms with Crippen LogP contribution in [0.5, 0.6) is 0 Å².